The van der Waals surface area contributed by atoms with Crippen molar-refractivity contribution < 1.29 is 9.53 Å². The van der Waals surface area contributed by atoms with Gasteiger partial charge in [-0.05, 0) is 50.3 Å². The number of hydrogen-bond acceptors (Lipinski definition) is 5. The van der Waals surface area contributed by atoms with E-state index >= 15 is 0 Å². The molecule has 1 unspecified atom stereocenters. The van der Waals surface area contributed by atoms with E-state index < -0.39 is 0 Å². The van der Waals surface area contributed by atoms with Gasteiger partial charge in [-0.2, -0.15) is 0 Å². The third kappa shape index (κ3) is 5.99. The number of aromatic nitrogens is 2. The molecule has 0 radical (unpaired) electrons. The quantitative estimate of drug-likeness (QED) is 0.350. The average Bonchev–Trinajstić information content (AvgIpc) is 2.74. The van der Waals surface area contributed by atoms with Gasteiger partial charge in [-0.1, -0.05) is 42.6 Å². The number of carbonyl (C=O) groups is 1. The number of nitrogens with one attached hydrogen (secondary N) is 1. The fourth-order valence-electron chi connectivity index (χ4n) is 3.82. The van der Waals surface area contributed by atoms with Gasteiger partial charge in [-0.25, -0.2) is 4.98 Å². The fraction of sp³-hybridized carbons (Fsp3) is 0.591. The molecule has 1 aromatic heterocycles. The lowest BCUT2D eigenvalue weighted by Crippen LogP contribution is -2.36. The Hall–Kier alpha value is -1.57. The minimum atomic E-state index is -0.356. The number of methoxy groups -OCH3 is 1. The molecule has 3 rings (SSSR count). The predicted molar refractivity (Wildman–Crippen MR) is 122 cm³/mol. The lowest BCUT2D eigenvalue weighted by atomic mass is 9.89. The molecule has 164 valence electrons. The highest BCUT2D eigenvalue weighted by molar-refractivity contribution is 8.00. The average molecular weight is 452 g/mol. The van der Waals surface area contributed by atoms with Crippen LogP contribution in [0.5, 0.6) is 0 Å². The first-order chi connectivity index (χ1) is 14.5. The maximum absolute atomic E-state index is 13.1. The number of amides is 1. The van der Waals surface area contributed by atoms with Gasteiger partial charge in [0.1, 0.15) is 0 Å². The van der Waals surface area contributed by atoms with Crippen LogP contribution in [0, 0.1) is 5.92 Å². The molecule has 1 N–H and O–H groups in total. The second-order valence-electron chi connectivity index (χ2n) is 7.87. The van der Waals surface area contributed by atoms with Crippen molar-refractivity contribution >= 4 is 40.2 Å². The van der Waals surface area contributed by atoms with E-state index in [1.54, 1.807) is 29.9 Å². The van der Waals surface area contributed by atoms with Crippen LogP contribution in [0.3, 0.4) is 0 Å². The fourth-order valence-corrected chi connectivity index (χ4v) is 4.94. The molecule has 1 aromatic carbocycles. The molecular weight excluding hydrogens is 422 g/mol. The Kier molecular flexibility index (Phi) is 8.60. The van der Waals surface area contributed by atoms with Crippen molar-refractivity contribution in [3.63, 3.8) is 0 Å². The van der Waals surface area contributed by atoms with Gasteiger partial charge in [0.25, 0.3) is 5.56 Å². The first-order valence-electron chi connectivity index (χ1n) is 10.6. The monoisotopic (exact) mass is 451 g/mol. The van der Waals surface area contributed by atoms with Gasteiger partial charge >= 0.3 is 0 Å². The molecule has 0 spiro atoms. The minimum Gasteiger partial charge on any atom is -0.385 e. The summed E-state index contributed by atoms with van der Waals surface area (Å²) in [6.07, 6.45) is 6.87. The molecule has 2 aromatic rings. The summed E-state index contributed by atoms with van der Waals surface area (Å²) in [4.78, 5) is 30.4. The lowest BCUT2D eigenvalue weighted by molar-refractivity contribution is -0.120. The molecule has 1 heterocycles. The number of fused-ring (bicyclic) bond motifs is 1. The molecule has 0 saturated heterocycles. The Morgan fingerprint density at radius 1 is 1.37 bits per heavy atom. The highest BCUT2D eigenvalue weighted by Gasteiger charge is 2.21. The van der Waals surface area contributed by atoms with Crippen molar-refractivity contribution in [2.45, 2.75) is 62.4 Å². The highest BCUT2D eigenvalue weighted by Crippen LogP contribution is 2.25. The zero-order chi connectivity index (χ0) is 21.5. The molecule has 30 heavy (non-hydrogen) atoms. The molecule has 1 saturated carbocycles. The van der Waals surface area contributed by atoms with E-state index in [1.165, 1.54) is 43.9 Å². The summed E-state index contributed by atoms with van der Waals surface area (Å²) in [5.74, 6) is 0.558. The summed E-state index contributed by atoms with van der Waals surface area (Å²) in [5, 5.41) is 4.32. The van der Waals surface area contributed by atoms with Gasteiger partial charge in [-0.15, -0.1) is 0 Å². The van der Waals surface area contributed by atoms with Crippen molar-refractivity contribution in [3.8, 4) is 0 Å². The molecule has 0 bridgehead atoms. The van der Waals surface area contributed by atoms with Crippen LogP contribution in [-0.4, -0.2) is 41.0 Å². The van der Waals surface area contributed by atoms with Crippen molar-refractivity contribution in [1.82, 2.24) is 14.9 Å². The summed E-state index contributed by atoms with van der Waals surface area (Å²) >= 11 is 7.41. The molecule has 8 heteroatoms. The minimum absolute atomic E-state index is 0.0190. The van der Waals surface area contributed by atoms with E-state index in [1.807, 2.05) is 6.92 Å². The van der Waals surface area contributed by atoms with E-state index in [4.69, 9.17) is 16.3 Å². The van der Waals surface area contributed by atoms with Crippen LogP contribution >= 0.6 is 23.4 Å². The van der Waals surface area contributed by atoms with Crippen LogP contribution in [0.15, 0.2) is 28.2 Å². The summed E-state index contributed by atoms with van der Waals surface area (Å²) in [7, 11) is 1.64. The van der Waals surface area contributed by atoms with Gasteiger partial charge in [0, 0.05) is 31.8 Å². The van der Waals surface area contributed by atoms with E-state index in [2.05, 4.69) is 10.3 Å². The summed E-state index contributed by atoms with van der Waals surface area (Å²) < 4.78 is 6.77. The van der Waals surface area contributed by atoms with Gasteiger partial charge < -0.3 is 10.1 Å². The van der Waals surface area contributed by atoms with E-state index in [9.17, 15) is 9.59 Å². The number of halogens is 1. The van der Waals surface area contributed by atoms with Crippen LogP contribution in [0.4, 0.5) is 0 Å². The van der Waals surface area contributed by atoms with Crippen LogP contribution in [0.2, 0.25) is 5.02 Å². The molecule has 1 atom stereocenters. The first-order valence-corrected chi connectivity index (χ1v) is 11.9. The molecule has 1 aliphatic rings. The second-order valence-corrected chi connectivity index (χ2v) is 9.61. The highest BCUT2D eigenvalue weighted by atomic mass is 35.5. The molecule has 0 aliphatic heterocycles. The van der Waals surface area contributed by atoms with Crippen LogP contribution in [0.25, 0.3) is 10.9 Å². The topological polar surface area (TPSA) is 73.2 Å². The molecule has 1 fully saturated rings. The van der Waals surface area contributed by atoms with E-state index in [-0.39, 0.29) is 16.7 Å². The van der Waals surface area contributed by atoms with Crippen molar-refractivity contribution in [3.05, 3.63) is 33.6 Å². The number of thioether (sulfide) groups is 1. The zero-order valence-electron chi connectivity index (χ0n) is 17.7. The SMILES string of the molecule is COCCCn1c(SC(C)C(=O)NCC2CCCCC2)nc2cc(Cl)ccc2c1=O. The molecule has 1 amide bonds. The van der Waals surface area contributed by atoms with Crippen molar-refractivity contribution in [2.75, 3.05) is 20.3 Å². The van der Waals surface area contributed by atoms with E-state index in [0.29, 0.717) is 46.6 Å². The number of rotatable bonds is 9. The van der Waals surface area contributed by atoms with Gasteiger partial charge in [0.05, 0.1) is 16.2 Å². The Morgan fingerprint density at radius 3 is 2.87 bits per heavy atom. The Balaban J connectivity index is 1.77. The van der Waals surface area contributed by atoms with E-state index in [0.717, 1.165) is 6.54 Å². The summed E-state index contributed by atoms with van der Waals surface area (Å²) in [6, 6.07) is 5.09. The van der Waals surface area contributed by atoms with Crippen LogP contribution < -0.4 is 10.9 Å². The van der Waals surface area contributed by atoms with Gasteiger partial charge in [-0.3, -0.25) is 14.2 Å². The van der Waals surface area contributed by atoms with Crippen molar-refractivity contribution in [1.29, 1.82) is 0 Å². The molecular formula is C22H30ClN3O3S. The second kappa shape index (κ2) is 11.2. The maximum atomic E-state index is 13.1. The predicted octanol–water partition coefficient (Wildman–Crippen LogP) is 4.26. The van der Waals surface area contributed by atoms with Gasteiger partial charge in [0.15, 0.2) is 5.16 Å². The van der Waals surface area contributed by atoms with Crippen LogP contribution in [-0.2, 0) is 16.1 Å². The number of carbonyl (C=O) groups excluding carboxylic acids is 1. The number of ether oxygens (including phenoxy) is 1. The number of nitrogens with zero attached hydrogens (tertiary/aromatic N) is 2. The lowest BCUT2D eigenvalue weighted by Gasteiger charge is -2.22. The molecule has 1 aliphatic carbocycles. The third-order valence-corrected chi connectivity index (χ3v) is 6.88. The largest absolute Gasteiger partial charge is 0.385 e. The standard InChI is InChI=1S/C22H30ClN3O3S/c1-15(20(27)24-14-16-7-4-3-5-8-16)30-22-25-19-13-17(23)9-10-18(19)21(28)26(22)11-6-12-29-2/h9-10,13,15-16H,3-8,11-12,14H2,1-2H3,(H,24,27). The number of hydrogen-bond donors (Lipinski definition) is 1. The Morgan fingerprint density at radius 2 is 2.13 bits per heavy atom. The first kappa shape index (κ1) is 23.1. The Labute approximate surface area is 186 Å². The summed E-state index contributed by atoms with van der Waals surface area (Å²) in [5.41, 5.74) is 0.429. The number of benzene rings is 1. The zero-order valence-corrected chi connectivity index (χ0v) is 19.2. The summed E-state index contributed by atoms with van der Waals surface area (Å²) in [6.45, 7) is 3.61. The Bertz CT molecular complexity index is 928. The third-order valence-electron chi connectivity index (χ3n) is 5.55. The smallest absolute Gasteiger partial charge is 0.262 e. The van der Waals surface area contributed by atoms with Gasteiger partial charge in [0.2, 0.25) is 5.91 Å². The van der Waals surface area contributed by atoms with Crippen LogP contribution in [0.1, 0.15) is 45.4 Å². The normalized spacial score (nSPS) is 16.0. The van der Waals surface area contributed by atoms with Crippen molar-refractivity contribution in [2.24, 2.45) is 5.92 Å². The molecule has 6 nitrogen and oxygen atoms in total. The maximum Gasteiger partial charge on any atom is 0.262 e.